The van der Waals surface area contributed by atoms with Crippen LogP contribution in [0.25, 0.3) is 0 Å². The number of nitrogens with one attached hydrogen (secondary N) is 1. The largest absolute Gasteiger partial charge is 0.481 e. The molecule has 0 radical (unpaired) electrons. The maximum absolute atomic E-state index is 10.8. The van der Waals surface area contributed by atoms with E-state index in [4.69, 9.17) is 5.11 Å². The second-order valence-electron chi connectivity index (χ2n) is 4.03. The summed E-state index contributed by atoms with van der Waals surface area (Å²) in [4.78, 5) is 12.1. The fourth-order valence-electron chi connectivity index (χ4n) is 1.94. The minimum absolute atomic E-state index is 0.152. The van der Waals surface area contributed by atoms with E-state index < -0.39 is 5.97 Å². The summed E-state index contributed by atoms with van der Waals surface area (Å²) in [6.07, 6.45) is 1.79. The molecule has 82 valence electrons. The Morgan fingerprint density at radius 2 is 2.47 bits per heavy atom. The van der Waals surface area contributed by atoms with Crippen molar-refractivity contribution in [3.63, 3.8) is 0 Å². The monoisotopic (exact) mass is 225 g/mol. The summed E-state index contributed by atoms with van der Waals surface area (Å²) >= 11 is 1.71. The molecule has 0 aliphatic heterocycles. The maximum atomic E-state index is 10.8. The van der Waals surface area contributed by atoms with E-state index in [1.54, 1.807) is 11.3 Å². The first-order chi connectivity index (χ1) is 7.18. The molecule has 0 amide bonds. The Kier molecular flexibility index (Phi) is 3.07. The van der Waals surface area contributed by atoms with Crippen LogP contribution in [0.2, 0.25) is 0 Å². The van der Waals surface area contributed by atoms with Crippen molar-refractivity contribution in [3.05, 3.63) is 22.4 Å². The van der Waals surface area contributed by atoms with E-state index in [2.05, 4.69) is 18.3 Å². The highest BCUT2D eigenvalue weighted by molar-refractivity contribution is 7.10. The van der Waals surface area contributed by atoms with Crippen LogP contribution in [-0.2, 0) is 4.79 Å². The quantitative estimate of drug-likeness (QED) is 0.826. The van der Waals surface area contributed by atoms with Crippen LogP contribution < -0.4 is 5.32 Å². The number of rotatable bonds is 4. The number of aliphatic carboxylic acids is 1. The van der Waals surface area contributed by atoms with Crippen LogP contribution >= 0.6 is 11.3 Å². The lowest BCUT2D eigenvalue weighted by atomic mass is 9.79. The fraction of sp³-hybridized carbons (Fsp3) is 0.545. The minimum Gasteiger partial charge on any atom is -0.481 e. The molecule has 3 unspecified atom stereocenters. The van der Waals surface area contributed by atoms with Gasteiger partial charge in [0, 0.05) is 17.0 Å². The minimum atomic E-state index is -0.669. The molecule has 1 aromatic rings. The Labute approximate surface area is 93.1 Å². The predicted molar refractivity (Wildman–Crippen MR) is 60.0 cm³/mol. The van der Waals surface area contributed by atoms with Gasteiger partial charge in [-0.15, -0.1) is 11.3 Å². The molecular weight excluding hydrogens is 210 g/mol. The van der Waals surface area contributed by atoms with Crippen molar-refractivity contribution in [3.8, 4) is 0 Å². The molecule has 1 heterocycles. The van der Waals surface area contributed by atoms with Crippen molar-refractivity contribution in [2.45, 2.75) is 31.8 Å². The van der Waals surface area contributed by atoms with Gasteiger partial charge in [-0.3, -0.25) is 4.79 Å². The molecule has 1 aliphatic rings. The fourth-order valence-corrected chi connectivity index (χ4v) is 2.68. The molecule has 1 aromatic heterocycles. The van der Waals surface area contributed by atoms with E-state index in [0.717, 1.165) is 12.8 Å². The number of hydrogen-bond donors (Lipinski definition) is 2. The van der Waals surface area contributed by atoms with Crippen LogP contribution in [0.5, 0.6) is 0 Å². The van der Waals surface area contributed by atoms with Gasteiger partial charge in [0.2, 0.25) is 0 Å². The third-order valence-electron chi connectivity index (χ3n) is 3.03. The summed E-state index contributed by atoms with van der Waals surface area (Å²) in [5.41, 5.74) is 0. The normalized spacial score (nSPS) is 27.0. The molecule has 0 saturated heterocycles. The number of carbonyl (C=O) groups is 1. The van der Waals surface area contributed by atoms with Crippen molar-refractivity contribution in [1.82, 2.24) is 5.32 Å². The molecule has 1 aliphatic carbocycles. The van der Waals surface area contributed by atoms with Crippen LogP contribution in [0, 0.1) is 5.92 Å². The lowest BCUT2D eigenvalue weighted by molar-refractivity contribution is -0.146. The first-order valence-corrected chi connectivity index (χ1v) is 6.08. The van der Waals surface area contributed by atoms with Gasteiger partial charge in [-0.2, -0.15) is 0 Å². The Morgan fingerprint density at radius 3 is 2.93 bits per heavy atom. The third kappa shape index (κ3) is 2.21. The lowest BCUT2D eigenvalue weighted by Gasteiger charge is -2.36. The SMILES string of the molecule is CC(NC1CCC1C(=O)O)c1cccs1. The van der Waals surface area contributed by atoms with Gasteiger partial charge in [-0.1, -0.05) is 6.07 Å². The van der Waals surface area contributed by atoms with E-state index in [9.17, 15) is 4.79 Å². The average Bonchev–Trinajstić information content (AvgIpc) is 2.63. The molecule has 2 rings (SSSR count). The zero-order valence-corrected chi connectivity index (χ0v) is 9.46. The van der Waals surface area contributed by atoms with Gasteiger partial charge >= 0.3 is 5.97 Å². The number of carboxylic acids is 1. The van der Waals surface area contributed by atoms with Crippen LogP contribution in [0.3, 0.4) is 0 Å². The number of hydrogen-bond acceptors (Lipinski definition) is 3. The van der Waals surface area contributed by atoms with Crippen LogP contribution in [0.15, 0.2) is 17.5 Å². The highest BCUT2D eigenvalue weighted by Gasteiger charge is 2.37. The van der Waals surface area contributed by atoms with Gasteiger partial charge < -0.3 is 10.4 Å². The lowest BCUT2D eigenvalue weighted by Crippen LogP contribution is -2.48. The molecule has 3 nitrogen and oxygen atoms in total. The van der Waals surface area contributed by atoms with Crippen molar-refractivity contribution in [1.29, 1.82) is 0 Å². The van der Waals surface area contributed by atoms with Crippen molar-refractivity contribution in [2.75, 3.05) is 0 Å². The van der Waals surface area contributed by atoms with E-state index in [1.807, 2.05) is 11.4 Å². The maximum Gasteiger partial charge on any atom is 0.308 e. The first-order valence-electron chi connectivity index (χ1n) is 5.20. The highest BCUT2D eigenvalue weighted by Crippen LogP contribution is 2.30. The third-order valence-corrected chi connectivity index (χ3v) is 4.08. The van der Waals surface area contributed by atoms with Crippen LogP contribution in [0.1, 0.15) is 30.7 Å². The Balaban J connectivity index is 1.90. The summed E-state index contributed by atoms with van der Waals surface area (Å²) in [6.45, 7) is 2.09. The molecule has 0 aromatic carbocycles. The Hall–Kier alpha value is -0.870. The van der Waals surface area contributed by atoms with Gasteiger partial charge in [0.15, 0.2) is 0 Å². The summed E-state index contributed by atoms with van der Waals surface area (Å²) in [6, 6.07) is 4.52. The molecule has 0 bridgehead atoms. The summed E-state index contributed by atoms with van der Waals surface area (Å²) in [5.74, 6) is -0.857. The number of thiophene rings is 1. The van der Waals surface area contributed by atoms with Gasteiger partial charge in [0.25, 0.3) is 0 Å². The standard InChI is InChI=1S/C11H15NO2S/c1-7(10-3-2-6-15-10)12-9-5-4-8(9)11(13)14/h2-3,6-9,12H,4-5H2,1H3,(H,13,14). The molecule has 2 N–H and O–H groups in total. The van der Waals surface area contributed by atoms with Crippen molar-refractivity contribution >= 4 is 17.3 Å². The van der Waals surface area contributed by atoms with E-state index in [0.29, 0.717) is 0 Å². The second kappa shape index (κ2) is 4.33. The van der Waals surface area contributed by atoms with Crippen LogP contribution in [0.4, 0.5) is 0 Å². The Bertz CT molecular complexity index is 336. The Morgan fingerprint density at radius 1 is 1.67 bits per heavy atom. The molecule has 1 fully saturated rings. The second-order valence-corrected chi connectivity index (χ2v) is 5.01. The van der Waals surface area contributed by atoms with Gasteiger partial charge in [-0.05, 0) is 31.2 Å². The van der Waals surface area contributed by atoms with Crippen LogP contribution in [-0.4, -0.2) is 17.1 Å². The molecule has 4 heteroatoms. The topological polar surface area (TPSA) is 49.3 Å². The summed E-state index contributed by atoms with van der Waals surface area (Å²) in [7, 11) is 0. The predicted octanol–water partition coefficient (Wildman–Crippen LogP) is 2.26. The zero-order valence-electron chi connectivity index (χ0n) is 8.64. The van der Waals surface area contributed by atoms with E-state index in [1.165, 1.54) is 4.88 Å². The molecule has 1 saturated carbocycles. The van der Waals surface area contributed by atoms with Gasteiger partial charge in [0.05, 0.1) is 5.92 Å². The van der Waals surface area contributed by atoms with E-state index >= 15 is 0 Å². The molecule has 0 spiro atoms. The van der Waals surface area contributed by atoms with Gasteiger partial charge in [-0.25, -0.2) is 0 Å². The zero-order chi connectivity index (χ0) is 10.8. The molecule has 15 heavy (non-hydrogen) atoms. The highest BCUT2D eigenvalue weighted by atomic mass is 32.1. The molecule has 3 atom stereocenters. The van der Waals surface area contributed by atoms with Crippen molar-refractivity contribution < 1.29 is 9.90 Å². The number of carboxylic acid groups (broad SMARTS) is 1. The summed E-state index contributed by atoms with van der Waals surface area (Å²) in [5, 5.41) is 14.3. The summed E-state index contributed by atoms with van der Waals surface area (Å²) < 4.78 is 0. The smallest absolute Gasteiger partial charge is 0.308 e. The van der Waals surface area contributed by atoms with Crippen molar-refractivity contribution in [2.24, 2.45) is 5.92 Å². The average molecular weight is 225 g/mol. The molecular formula is C11H15NO2S. The van der Waals surface area contributed by atoms with Gasteiger partial charge in [0.1, 0.15) is 0 Å². The van der Waals surface area contributed by atoms with E-state index in [-0.39, 0.29) is 18.0 Å². The first kappa shape index (κ1) is 10.6.